The Balaban J connectivity index is 1.98. The van der Waals surface area contributed by atoms with Crippen molar-refractivity contribution in [3.8, 4) is 17.2 Å². The van der Waals surface area contributed by atoms with Gasteiger partial charge in [0.05, 0.1) is 24.3 Å². The van der Waals surface area contributed by atoms with Crippen LogP contribution in [0.1, 0.15) is 32.4 Å². The van der Waals surface area contributed by atoms with Crippen LogP contribution in [0.4, 0.5) is 4.39 Å². The van der Waals surface area contributed by atoms with E-state index in [0.717, 1.165) is 11.6 Å². The SMILES string of the molecule is CCOc1ccc(C(C)NC(=O)COc2ccc(F)cc2Cl)cc1OCC. The van der Waals surface area contributed by atoms with Gasteiger partial charge in [0.25, 0.3) is 5.91 Å². The lowest BCUT2D eigenvalue weighted by atomic mass is 10.1. The number of rotatable bonds is 9. The van der Waals surface area contributed by atoms with E-state index >= 15 is 0 Å². The number of carbonyl (C=O) groups is 1. The minimum Gasteiger partial charge on any atom is -0.490 e. The summed E-state index contributed by atoms with van der Waals surface area (Å²) in [5.41, 5.74) is 0.870. The van der Waals surface area contributed by atoms with Crippen molar-refractivity contribution in [2.45, 2.75) is 26.8 Å². The van der Waals surface area contributed by atoms with Gasteiger partial charge in [-0.3, -0.25) is 4.79 Å². The first kappa shape index (κ1) is 20.8. The van der Waals surface area contributed by atoms with Crippen LogP contribution in [0.5, 0.6) is 17.2 Å². The summed E-state index contributed by atoms with van der Waals surface area (Å²) < 4.78 is 29.5. The molecule has 7 heteroatoms. The Morgan fingerprint density at radius 1 is 1.04 bits per heavy atom. The van der Waals surface area contributed by atoms with Crippen LogP contribution >= 0.6 is 11.6 Å². The zero-order valence-corrected chi connectivity index (χ0v) is 16.3. The third-order valence-electron chi connectivity index (χ3n) is 3.70. The molecule has 0 aliphatic rings. The second kappa shape index (κ2) is 10.0. The molecule has 2 aromatic carbocycles. The van der Waals surface area contributed by atoms with Crippen LogP contribution in [0.3, 0.4) is 0 Å². The maximum absolute atomic E-state index is 13.0. The summed E-state index contributed by atoms with van der Waals surface area (Å²) in [7, 11) is 0. The van der Waals surface area contributed by atoms with E-state index in [-0.39, 0.29) is 29.3 Å². The second-order valence-corrected chi connectivity index (χ2v) is 6.13. The smallest absolute Gasteiger partial charge is 0.258 e. The summed E-state index contributed by atoms with van der Waals surface area (Å²) in [4.78, 5) is 12.1. The summed E-state index contributed by atoms with van der Waals surface area (Å²) in [6.45, 7) is 6.47. The topological polar surface area (TPSA) is 56.8 Å². The monoisotopic (exact) mass is 395 g/mol. The van der Waals surface area contributed by atoms with Crippen LogP contribution in [0.2, 0.25) is 5.02 Å². The fourth-order valence-corrected chi connectivity index (χ4v) is 2.66. The maximum atomic E-state index is 13.0. The number of hydrogen-bond acceptors (Lipinski definition) is 4. The molecule has 1 amide bonds. The highest BCUT2D eigenvalue weighted by Gasteiger charge is 2.14. The first-order chi connectivity index (χ1) is 12.9. The number of nitrogens with one attached hydrogen (secondary N) is 1. The molecule has 1 N–H and O–H groups in total. The Labute approximate surface area is 163 Å². The van der Waals surface area contributed by atoms with Crippen molar-refractivity contribution in [1.29, 1.82) is 0 Å². The standard InChI is InChI=1S/C20H23ClFNO4/c1-4-25-18-8-6-14(10-19(18)26-5-2)13(3)23-20(24)12-27-17-9-7-15(22)11-16(17)21/h6-11,13H,4-5,12H2,1-3H3,(H,23,24). The van der Waals surface area contributed by atoms with E-state index in [4.69, 9.17) is 25.8 Å². The molecule has 0 spiro atoms. The lowest BCUT2D eigenvalue weighted by Gasteiger charge is -2.18. The first-order valence-electron chi connectivity index (χ1n) is 8.71. The van der Waals surface area contributed by atoms with Gasteiger partial charge in [0.2, 0.25) is 0 Å². The average Bonchev–Trinajstić information content (AvgIpc) is 2.62. The molecule has 0 saturated carbocycles. The highest BCUT2D eigenvalue weighted by atomic mass is 35.5. The molecular formula is C20H23ClFNO4. The molecule has 1 unspecified atom stereocenters. The number of halogens is 2. The van der Waals surface area contributed by atoms with E-state index in [0.29, 0.717) is 24.7 Å². The Morgan fingerprint density at radius 2 is 1.70 bits per heavy atom. The van der Waals surface area contributed by atoms with Crippen molar-refractivity contribution in [3.05, 3.63) is 52.8 Å². The molecule has 5 nitrogen and oxygen atoms in total. The van der Waals surface area contributed by atoms with Gasteiger partial charge in [-0.05, 0) is 56.7 Å². The van der Waals surface area contributed by atoms with Crippen LogP contribution in [0.15, 0.2) is 36.4 Å². The molecule has 2 rings (SSSR count). The van der Waals surface area contributed by atoms with Gasteiger partial charge < -0.3 is 19.5 Å². The first-order valence-corrected chi connectivity index (χ1v) is 9.09. The lowest BCUT2D eigenvalue weighted by Crippen LogP contribution is -2.31. The van der Waals surface area contributed by atoms with Crippen molar-refractivity contribution in [2.24, 2.45) is 0 Å². The molecule has 0 saturated heterocycles. The summed E-state index contributed by atoms with van der Waals surface area (Å²) in [6.07, 6.45) is 0. The van der Waals surface area contributed by atoms with E-state index in [1.54, 1.807) is 0 Å². The number of benzene rings is 2. The number of amides is 1. The fraction of sp³-hybridized carbons (Fsp3) is 0.350. The molecule has 2 aromatic rings. The Kier molecular flexibility index (Phi) is 7.73. The zero-order valence-electron chi connectivity index (χ0n) is 15.6. The lowest BCUT2D eigenvalue weighted by molar-refractivity contribution is -0.123. The maximum Gasteiger partial charge on any atom is 0.258 e. The van der Waals surface area contributed by atoms with E-state index in [9.17, 15) is 9.18 Å². The van der Waals surface area contributed by atoms with Gasteiger partial charge in [0, 0.05) is 0 Å². The predicted octanol–water partition coefficient (Wildman–Crippen LogP) is 4.53. The van der Waals surface area contributed by atoms with Gasteiger partial charge in [-0.2, -0.15) is 0 Å². The van der Waals surface area contributed by atoms with E-state index in [2.05, 4.69) is 5.32 Å². The van der Waals surface area contributed by atoms with Gasteiger partial charge in [0.15, 0.2) is 18.1 Å². The predicted molar refractivity (Wildman–Crippen MR) is 102 cm³/mol. The third kappa shape index (κ3) is 6.03. The normalized spacial score (nSPS) is 11.6. The van der Waals surface area contributed by atoms with Crippen LogP contribution in [-0.2, 0) is 4.79 Å². The van der Waals surface area contributed by atoms with Crippen molar-refractivity contribution in [2.75, 3.05) is 19.8 Å². The molecule has 27 heavy (non-hydrogen) atoms. The number of carbonyl (C=O) groups excluding carboxylic acids is 1. The molecule has 0 aromatic heterocycles. The highest BCUT2D eigenvalue weighted by Crippen LogP contribution is 2.30. The Hall–Kier alpha value is -2.47. The quantitative estimate of drug-likeness (QED) is 0.677. The molecule has 0 bridgehead atoms. The Morgan fingerprint density at radius 3 is 2.37 bits per heavy atom. The minimum atomic E-state index is -0.467. The van der Waals surface area contributed by atoms with Crippen molar-refractivity contribution in [3.63, 3.8) is 0 Å². The average molecular weight is 396 g/mol. The molecule has 146 valence electrons. The molecule has 0 aliphatic carbocycles. The van der Waals surface area contributed by atoms with Crippen LogP contribution < -0.4 is 19.5 Å². The zero-order chi connectivity index (χ0) is 19.8. The summed E-state index contributed by atoms with van der Waals surface area (Å²) >= 11 is 5.88. The van der Waals surface area contributed by atoms with Crippen LogP contribution in [0.25, 0.3) is 0 Å². The summed E-state index contributed by atoms with van der Waals surface area (Å²) in [5.74, 6) is 0.754. The molecule has 0 heterocycles. The largest absolute Gasteiger partial charge is 0.490 e. The van der Waals surface area contributed by atoms with Crippen molar-refractivity contribution < 1.29 is 23.4 Å². The molecule has 0 radical (unpaired) electrons. The van der Waals surface area contributed by atoms with Crippen molar-refractivity contribution in [1.82, 2.24) is 5.32 Å². The van der Waals surface area contributed by atoms with E-state index in [1.807, 2.05) is 39.0 Å². The molecule has 1 atom stereocenters. The van der Waals surface area contributed by atoms with Gasteiger partial charge in [-0.1, -0.05) is 17.7 Å². The number of hydrogen-bond donors (Lipinski definition) is 1. The van der Waals surface area contributed by atoms with Crippen LogP contribution in [0, 0.1) is 5.82 Å². The summed E-state index contributed by atoms with van der Waals surface area (Å²) in [6, 6.07) is 9.01. The summed E-state index contributed by atoms with van der Waals surface area (Å²) in [5, 5.41) is 2.96. The second-order valence-electron chi connectivity index (χ2n) is 5.72. The van der Waals surface area contributed by atoms with Gasteiger partial charge >= 0.3 is 0 Å². The van der Waals surface area contributed by atoms with Crippen molar-refractivity contribution >= 4 is 17.5 Å². The minimum absolute atomic E-state index is 0.115. The van der Waals surface area contributed by atoms with Crippen LogP contribution in [-0.4, -0.2) is 25.7 Å². The molecule has 0 fully saturated rings. The number of ether oxygens (including phenoxy) is 3. The van der Waals surface area contributed by atoms with E-state index in [1.165, 1.54) is 12.1 Å². The Bertz CT molecular complexity index is 785. The van der Waals surface area contributed by atoms with Gasteiger partial charge in [-0.25, -0.2) is 4.39 Å². The molecular weight excluding hydrogens is 373 g/mol. The highest BCUT2D eigenvalue weighted by molar-refractivity contribution is 6.32. The van der Waals surface area contributed by atoms with Gasteiger partial charge in [0.1, 0.15) is 11.6 Å². The molecule has 0 aliphatic heterocycles. The fourth-order valence-electron chi connectivity index (χ4n) is 2.44. The third-order valence-corrected chi connectivity index (χ3v) is 3.99. The van der Waals surface area contributed by atoms with Gasteiger partial charge in [-0.15, -0.1) is 0 Å². The van der Waals surface area contributed by atoms with E-state index < -0.39 is 5.82 Å².